The molecule has 0 unspecified atom stereocenters. The summed E-state index contributed by atoms with van der Waals surface area (Å²) >= 11 is 0. The van der Waals surface area contributed by atoms with E-state index in [4.69, 9.17) is 0 Å². The Morgan fingerprint density at radius 1 is 1.56 bits per heavy atom. The summed E-state index contributed by atoms with van der Waals surface area (Å²) < 4.78 is 2.34. The number of fused-ring (bicyclic) bond motifs is 1. The van der Waals surface area contributed by atoms with Crippen LogP contribution in [0.15, 0.2) is 6.33 Å². The van der Waals surface area contributed by atoms with E-state index in [1.54, 1.807) is 0 Å². The fourth-order valence-electron chi connectivity index (χ4n) is 2.45. The second-order valence-corrected chi connectivity index (χ2v) is 4.97. The predicted molar refractivity (Wildman–Crippen MR) is 63.3 cm³/mol. The van der Waals surface area contributed by atoms with Gasteiger partial charge in [-0.15, -0.1) is 0 Å². The number of rotatable bonds is 4. The van der Waals surface area contributed by atoms with Crippen LogP contribution in [0.1, 0.15) is 24.2 Å². The molecule has 0 aromatic carbocycles. The van der Waals surface area contributed by atoms with Crippen molar-refractivity contribution in [1.29, 1.82) is 0 Å². The summed E-state index contributed by atoms with van der Waals surface area (Å²) in [4.78, 5) is 6.96. The molecule has 0 saturated heterocycles. The van der Waals surface area contributed by atoms with Gasteiger partial charge in [0.15, 0.2) is 0 Å². The van der Waals surface area contributed by atoms with Crippen molar-refractivity contribution in [2.75, 3.05) is 20.1 Å². The summed E-state index contributed by atoms with van der Waals surface area (Å²) in [5, 5.41) is 3.36. The van der Waals surface area contributed by atoms with Gasteiger partial charge < -0.3 is 14.8 Å². The van der Waals surface area contributed by atoms with Crippen molar-refractivity contribution < 1.29 is 0 Å². The Bertz CT molecular complexity index is 367. The van der Waals surface area contributed by atoms with Crippen molar-refractivity contribution in [3.63, 3.8) is 0 Å². The number of hydrogen-bond donors (Lipinski definition) is 1. The number of imidazole rings is 1. The van der Waals surface area contributed by atoms with E-state index >= 15 is 0 Å². The Morgan fingerprint density at radius 3 is 3.25 bits per heavy atom. The van der Waals surface area contributed by atoms with E-state index in [2.05, 4.69) is 26.8 Å². The molecule has 1 fully saturated rings. The highest BCUT2D eigenvalue weighted by molar-refractivity contribution is 5.16. The van der Waals surface area contributed by atoms with Crippen LogP contribution in [0.3, 0.4) is 0 Å². The third-order valence-corrected chi connectivity index (χ3v) is 3.73. The molecule has 0 spiro atoms. The summed E-state index contributed by atoms with van der Waals surface area (Å²) in [6.07, 6.45) is 5.92. The molecule has 88 valence electrons. The van der Waals surface area contributed by atoms with Crippen LogP contribution < -0.4 is 5.32 Å². The first-order valence-electron chi connectivity index (χ1n) is 6.28. The number of aromatic nitrogens is 2. The highest BCUT2D eigenvalue weighted by Crippen LogP contribution is 2.25. The maximum absolute atomic E-state index is 4.48. The molecule has 16 heavy (non-hydrogen) atoms. The van der Waals surface area contributed by atoms with Crippen LogP contribution in [0.4, 0.5) is 0 Å². The van der Waals surface area contributed by atoms with Gasteiger partial charge in [-0.25, -0.2) is 4.98 Å². The van der Waals surface area contributed by atoms with Crippen molar-refractivity contribution in [3.05, 3.63) is 17.7 Å². The summed E-state index contributed by atoms with van der Waals surface area (Å²) in [5.74, 6) is 0. The molecule has 1 aromatic heterocycles. The maximum Gasteiger partial charge on any atom is 0.0952 e. The van der Waals surface area contributed by atoms with Gasteiger partial charge in [-0.2, -0.15) is 0 Å². The van der Waals surface area contributed by atoms with E-state index < -0.39 is 0 Å². The van der Waals surface area contributed by atoms with E-state index in [-0.39, 0.29) is 0 Å². The lowest BCUT2D eigenvalue weighted by molar-refractivity contribution is 0.307. The SMILES string of the molecule is CN(CCn1cnc2c1CCNC2)C1CC1. The third kappa shape index (κ3) is 1.99. The molecule has 1 aromatic rings. The van der Waals surface area contributed by atoms with Gasteiger partial charge in [-0.05, 0) is 19.9 Å². The van der Waals surface area contributed by atoms with Crippen LogP contribution in [0.25, 0.3) is 0 Å². The summed E-state index contributed by atoms with van der Waals surface area (Å²) in [7, 11) is 2.24. The second-order valence-electron chi connectivity index (χ2n) is 4.97. The number of hydrogen-bond acceptors (Lipinski definition) is 3. The molecule has 4 heteroatoms. The predicted octanol–water partition coefficient (Wildman–Crippen LogP) is 0.623. The number of nitrogens with zero attached hydrogens (tertiary/aromatic N) is 3. The molecule has 2 heterocycles. The van der Waals surface area contributed by atoms with Gasteiger partial charge in [0.2, 0.25) is 0 Å². The fraction of sp³-hybridized carbons (Fsp3) is 0.750. The zero-order valence-electron chi connectivity index (χ0n) is 9.95. The quantitative estimate of drug-likeness (QED) is 0.807. The van der Waals surface area contributed by atoms with Crippen LogP contribution >= 0.6 is 0 Å². The summed E-state index contributed by atoms with van der Waals surface area (Å²) in [6, 6.07) is 0.862. The van der Waals surface area contributed by atoms with Crippen LogP contribution in [-0.2, 0) is 19.5 Å². The molecule has 0 bridgehead atoms. The second kappa shape index (κ2) is 4.18. The lowest BCUT2D eigenvalue weighted by Crippen LogP contribution is -2.28. The van der Waals surface area contributed by atoms with Crippen molar-refractivity contribution in [2.24, 2.45) is 0 Å². The Kier molecular flexibility index (Phi) is 2.69. The largest absolute Gasteiger partial charge is 0.333 e. The van der Waals surface area contributed by atoms with Crippen molar-refractivity contribution in [1.82, 2.24) is 19.8 Å². The molecule has 3 rings (SSSR count). The Morgan fingerprint density at radius 2 is 2.44 bits per heavy atom. The maximum atomic E-state index is 4.48. The molecule has 0 atom stereocenters. The van der Waals surface area contributed by atoms with E-state index in [0.717, 1.165) is 38.6 Å². The molecule has 2 aliphatic rings. The minimum absolute atomic E-state index is 0.862. The third-order valence-electron chi connectivity index (χ3n) is 3.73. The smallest absolute Gasteiger partial charge is 0.0952 e. The monoisotopic (exact) mass is 220 g/mol. The van der Waals surface area contributed by atoms with Gasteiger partial charge in [0.1, 0.15) is 0 Å². The van der Waals surface area contributed by atoms with Crippen LogP contribution in [0, 0.1) is 0 Å². The Hall–Kier alpha value is -0.870. The fourth-order valence-corrected chi connectivity index (χ4v) is 2.45. The minimum atomic E-state index is 0.862. The Balaban J connectivity index is 1.63. The van der Waals surface area contributed by atoms with Crippen molar-refractivity contribution >= 4 is 0 Å². The van der Waals surface area contributed by atoms with Gasteiger partial charge in [0, 0.05) is 44.3 Å². The van der Waals surface area contributed by atoms with Gasteiger partial charge in [-0.3, -0.25) is 0 Å². The van der Waals surface area contributed by atoms with Crippen LogP contribution in [0.5, 0.6) is 0 Å². The summed E-state index contributed by atoms with van der Waals surface area (Å²) in [5.41, 5.74) is 2.70. The average molecular weight is 220 g/mol. The summed E-state index contributed by atoms with van der Waals surface area (Å²) in [6.45, 7) is 4.29. The first kappa shape index (κ1) is 10.3. The van der Waals surface area contributed by atoms with Crippen LogP contribution in [0.2, 0.25) is 0 Å². The minimum Gasteiger partial charge on any atom is -0.333 e. The molecule has 0 amide bonds. The molecule has 1 aliphatic heterocycles. The number of nitrogens with one attached hydrogen (secondary N) is 1. The molecular formula is C12H20N4. The number of likely N-dealkylation sites (N-methyl/N-ethyl adjacent to an activating group) is 1. The van der Waals surface area contributed by atoms with Gasteiger partial charge in [0.05, 0.1) is 12.0 Å². The van der Waals surface area contributed by atoms with Gasteiger partial charge in [0.25, 0.3) is 0 Å². The molecule has 4 nitrogen and oxygen atoms in total. The molecule has 0 radical (unpaired) electrons. The lowest BCUT2D eigenvalue weighted by Gasteiger charge is -2.19. The van der Waals surface area contributed by atoms with E-state index in [1.807, 2.05) is 6.33 Å². The molecule has 1 saturated carbocycles. The zero-order valence-corrected chi connectivity index (χ0v) is 9.95. The van der Waals surface area contributed by atoms with Gasteiger partial charge >= 0.3 is 0 Å². The zero-order chi connectivity index (χ0) is 11.0. The standard InChI is InChI=1S/C12H20N4/c1-15(10-2-3-10)6-7-16-9-14-11-8-13-5-4-12(11)16/h9-10,13H,2-8H2,1H3. The first-order valence-corrected chi connectivity index (χ1v) is 6.28. The Labute approximate surface area is 96.7 Å². The molecular weight excluding hydrogens is 200 g/mol. The van der Waals surface area contributed by atoms with Crippen molar-refractivity contribution in [3.8, 4) is 0 Å². The molecule has 1 N–H and O–H groups in total. The van der Waals surface area contributed by atoms with E-state index in [1.165, 1.54) is 24.2 Å². The first-order chi connectivity index (χ1) is 7.84. The average Bonchev–Trinajstić information content (AvgIpc) is 3.08. The van der Waals surface area contributed by atoms with Gasteiger partial charge in [-0.1, -0.05) is 0 Å². The van der Waals surface area contributed by atoms with Crippen molar-refractivity contribution in [2.45, 2.75) is 38.4 Å². The topological polar surface area (TPSA) is 33.1 Å². The molecule has 1 aliphatic carbocycles. The highest BCUT2D eigenvalue weighted by Gasteiger charge is 2.25. The van der Waals surface area contributed by atoms with E-state index in [0.29, 0.717) is 0 Å². The lowest BCUT2D eigenvalue weighted by atomic mass is 10.2. The van der Waals surface area contributed by atoms with Crippen LogP contribution in [-0.4, -0.2) is 40.6 Å². The highest BCUT2D eigenvalue weighted by atomic mass is 15.2. The normalized spacial score (nSPS) is 20.1. The van der Waals surface area contributed by atoms with E-state index in [9.17, 15) is 0 Å².